The van der Waals surface area contributed by atoms with E-state index in [0.29, 0.717) is 12.8 Å². The number of halogens is 6. The molecule has 3 aromatic rings. The molecule has 36 heavy (non-hydrogen) atoms. The Labute approximate surface area is 206 Å². The van der Waals surface area contributed by atoms with Gasteiger partial charge in [-0.1, -0.05) is 45.2 Å². The molecule has 0 atom stereocenters. The molecule has 0 spiro atoms. The van der Waals surface area contributed by atoms with Crippen molar-refractivity contribution in [3.63, 3.8) is 0 Å². The lowest BCUT2D eigenvalue weighted by molar-refractivity contribution is -0.190. The van der Waals surface area contributed by atoms with E-state index >= 15 is 0 Å². The first-order valence-electron chi connectivity index (χ1n) is 11.9. The van der Waals surface area contributed by atoms with Crippen LogP contribution in [-0.4, -0.2) is 0 Å². The van der Waals surface area contributed by atoms with E-state index in [1.807, 2.05) is 0 Å². The summed E-state index contributed by atoms with van der Waals surface area (Å²) in [4.78, 5) is 0. The molecule has 0 bridgehead atoms. The van der Waals surface area contributed by atoms with Gasteiger partial charge in [0.05, 0.1) is 5.56 Å². The lowest BCUT2D eigenvalue weighted by Crippen LogP contribution is -2.25. The van der Waals surface area contributed by atoms with Crippen LogP contribution in [0.2, 0.25) is 0 Å². The fourth-order valence-electron chi connectivity index (χ4n) is 3.76. The van der Waals surface area contributed by atoms with Gasteiger partial charge in [0.25, 0.3) is 0 Å². The van der Waals surface area contributed by atoms with E-state index in [0.717, 1.165) is 67.6 Å². The maximum absolute atomic E-state index is 14.6. The number of aryl methyl sites for hydroxylation is 2. The van der Waals surface area contributed by atoms with Gasteiger partial charge in [-0.2, -0.15) is 17.6 Å². The van der Waals surface area contributed by atoms with Crippen molar-refractivity contribution in [1.29, 1.82) is 0 Å². The van der Waals surface area contributed by atoms with Crippen LogP contribution in [0.5, 0.6) is 11.5 Å². The molecule has 0 amide bonds. The van der Waals surface area contributed by atoms with Gasteiger partial charge >= 0.3 is 12.2 Å². The number of rotatable bonds is 12. The Morgan fingerprint density at radius 3 is 1.67 bits per heavy atom. The van der Waals surface area contributed by atoms with Crippen molar-refractivity contribution in [2.45, 2.75) is 64.6 Å². The van der Waals surface area contributed by atoms with E-state index in [-0.39, 0.29) is 11.3 Å². The van der Waals surface area contributed by atoms with Gasteiger partial charge < -0.3 is 9.47 Å². The summed E-state index contributed by atoms with van der Waals surface area (Å²) in [5.41, 5.74) is -0.899. The summed E-state index contributed by atoms with van der Waals surface area (Å²) in [6.45, 7) is 3.87. The van der Waals surface area contributed by atoms with Crippen LogP contribution in [0.4, 0.5) is 26.3 Å². The number of ether oxygens (including phenoxy) is 2. The van der Waals surface area contributed by atoms with Crippen molar-refractivity contribution in [3.8, 4) is 11.5 Å². The fourth-order valence-corrected chi connectivity index (χ4v) is 3.76. The third kappa shape index (κ3) is 6.95. The second-order valence-electron chi connectivity index (χ2n) is 8.55. The molecule has 0 unspecified atom stereocenters. The average molecular weight is 511 g/mol. The Bertz CT molecular complexity index is 1100. The Kier molecular flexibility index (Phi) is 8.93. The zero-order valence-electron chi connectivity index (χ0n) is 20.1. The molecule has 8 heteroatoms. The van der Waals surface area contributed by atoms with Crippen LogP contribution >= 0.6 is 0 Å². The largest absolute Gasteiger partial charge is 0.432 e. The third-order valence-corrected chi connectivity index (χ3v) is 5.61. The van der Waals surface area contributed by atoms with Gasteiger partial charge in [-0.05, 0) is 78.9 Å². The molecule has 0 radical (unpaired) electrons. The van der Waals surface area contributed by atoms with Crippen molar-refractivity contribution >= 4 is 0 Å². The minimum atomic E-state index is -4.36. The third-order valence-electron chi connectivity index (χ3n) is 5.61. The Balaban J connectivity index is 1.69. The Hall–Kier alpha value is -3.16. The zero-order chi connectivity index (χ0) is 26.3. The normalized spacial score (nSPS) is 12.0. The van der Waals surface area contributed by atoms with E-state index in [1.165, 1.54) is 12.1 Å². The molecule has 0 N–H and O–H groups in total. The molecule has 0 aromatic heterocycles. The van der Waals surface area contributed by atoms with Gasteiger partial charge in [0.2, 0.25) is 0 Å². The highest BCUT2D eigenvalue weighted by molar-refractivity contribution is 5.34. The predicted molar refractivity (Wildman–Crippen MR) is 126 cm³/mol. The van der Waals surface area contributed by atoms with Crippen LogP contribution in [0.1, 0.15) is 61.8 Å². The predicted octanol–water partition coefficient (Wildman–Crippen LogP) is 8.91. The van der Waals surface area contributed by atoms with E-state index < -0.39 is 40.7 Å². The first kappa shape index (κ1) is 27.4. The van der Waals surface area contributed by atoms with Gasteiger partial charge in [-0.25, -0.2) is 8.78 Å². The number of hydrogen-bond donors (Lipinski definition) is 0. The minimum absolute atomic E-state index is 0.0522. The topological polar surface area (TPSA) is 18.5 Å². The number of unbranched alkanes of at least 4 members (excludes halogenated alkanes) is 2. The zero-order valence-corrected chi connectivity index (χ0v) is 20.1. The summed E-state index contributed by atoms with van der Waals surface area (Å²) >= 11 is 0. The van der Waals surface area contributed by atoms with Crippen LogP contribution < -0.4 is 9.47 Å². The number of alkyl halides is 4. The van der Waals surface area contributed by atoms with Gasteiger partial charge in [-0.15, -0.1) is 0 Å². The standard InChI is InChI=1S/C28H28F6O2/c1-3-5-6-8-19-9-13-22(14-10-19)35-27(31,32)21-11-15-23(16-12-21)36-28(33,34)26-24(29)17-20(7-4-2)18-25(26)30/h9-18H,3-8H2,1-2H3. The van der Waals surface area contributed by atoms with Crippen LogP contribution in [0.25, 0.3) is 0 Å². The van der Waals surface area contributed by atoms with E-state index in [4.69, 9.17) is 4.74 Å². The van der Waals surface area contributed by atoms with Gasteiger partial charge in [0.15, 0.2) is 0 Å². The summed E-state index contributed by atoms with van der Waals surface area (Å²) in [5, 5.41) is 0. The van der Waals surface area contributed by atoms with Crippen molar-refractivity contribution in [2.24, 2.45) is 0 Å². The van der Waals surface area contributed by atoms with Crippen molar-refractivity contribution in [2.75, 3.05) is 0 Å². The van der Waals surface area contributed by atoms with Gasteiger partial charge in [0, 0.05) is 0 Å². The molecule has 194 valence electrons. The lowest BCUT2D eigenvalue weighted by atomic mass is 10.1. The first-order chi connectivity index (χ1) is 17.1. The molecule has 0 fully saturated rings. The first-order valence-corrected chi connectivity index (χ1v) is 11.9. The molecule has 3 aromatic carbocycles. The van der Waals surface area contributed by atoms with Gasteiger partial charge in [-0.3, -0.25) is 0 Å². The number of hydrogen-bond acceptors (Lipinski definition) is 2. The maximum Gasteiger partial charge on any atom is 0.432 e. The quantitative estimate of drug-likeness (QED) is 0.179. The van der Waals surface area contributed by atoms with Crippen LogP contribution in [0.3, 0.4) is 0 Å². The second-order valence-corrected chi connectivity index (χ2v) is 8.55. The van der Waals surface area contributed by atoms with E-state index in [9.17, 15) is 26.3 Å². The minimum Gasteiger partial charge on any atom is -0.429 e. The Morgan fingerprint density at radius 2 is 1.14 bits per heavy atom. The highest BCUT2D eigenvalue weighted by Gasteiger charge is 2.41. The second kappa shape index (κ2) is 11.7. The molecule has 0 saturated carbocycles. The number of benzene rings is 3. The lowest BCUT2D eigenvalue weighted by Gasteiger charge is -2.21. The smallest absolute Gasteiger partial charge is 0.429 e. The highest BCUT2D eigenvalue weighted by atomic mass is 19.3. The molecule has 0 aliphatic carbocycles. The van der Waals surface area contributed by atoms with Gasteiger partial charge in [0.1, 0.15) is 28.7 Å². The summed E-state index contributed by atoms with van der Waals surface area (Å²) in [6.07, 6.45) is -3.21. The monoisotopic (exact) mass is 510 g/mol. The van der Waals surface area contributed by atoms with Crippen LogP contribution in [0.15, 0.2) is 60.7 Å². The molecule has 0 heterocycles. The summed E-state index contributed by atoms with van der Waals surface area (Å²) in [6, 6.07) is 11.4. The summed E-state index contributed by atoms with van der Waals surface area (Å²) in [7, 11) is 0. The van der Waals surface area contributed by atoms with E-state index in [2.05, 4.69) is 11.7 Å². The van der Waals surface area contributed by atoms with Crippen molar-refractivity contribution in [1.82, 2.24) is 0 Å². The molecule has 0 aliphatic rings. The van der Waals surface area contributed by atoms with Crippen molar-refractivity contribution < 1.29 is 35.8 Å². The average Bonchev–Trinajstić information content (AvgIpc) is 2.80. The van der Waals surface area contributed by atoms with Crippen LogP contribution in [-0.2, 0) is 25.1 Å². The summed E-state index contributed by atoms with van der Waals surface area (Å²) in [5.74, 6) is -3.50. The highest BCUT2D eigenvalue weighted by Crippen LogP contribution is 2.37. The molecular weight excluding hydrogens is 482 g/mol. The maximum atomic E-state index is 14.6. The molecule has 0 saturated heterocycles. The molecule has 0 aliphatic heterocycles. The van der Waals surface area contributed by atoms with E-state index in [1.54, 1.807) is 19.1 Å². The molecule has 2 nitrogen and oxygen atoms in total. The Morgan fingerprint density at radius 1 is 0.611 bits per heavy atom. The SMILES string of the molecule is CCCCCc1ccc(OC(F)(F)c2ccc(OC(F)(F)c3c(F)cc(CCC)cc3F)cc2)cc1. The molecular formula is C28H28F6O2. The molecule has 3 rings (SSSR count). The fraction of sp³-hybridized carbons (Fsp3) is 0.357. The summed E-state index contributed by atoms with van der Waals surface area (Å²) < 4.78 is 96.2. The van der Waals surface area contributed by atoms with Crippen LogP contribution in [0, 0.1) is 11.6 Å². The van der Waals surface area contributed by atoms with Crippen molar-refractivity contribution in [3.05, 3.63) is 94.6 Å².